The Bertz CT molecular complexity index is 841. The lowest BCUT2D eigenvalue weighted by atomic mass is 9.54. The van der Waals surface area contributed by atoms with Crippen LogP contribution in [0, 0.1) is 5.41 Å². The van der Waals surface area contributed by atoms with Crippen molar-refractivity contribution in [3.05, 3.63) is 46.7 Å². The number of benzene rings is 1. The van der Waals surface area contributed by atoms with Crippen molar-refractivity contribution in [3.63, 3.8) is 0 Å². The number of halogens is 1. The van der Waals surface area contributed by atoms with E-state index in [1.165, 1.54) is 11.3 Å². The van der Waals surface area contributed by atoms with Gasteiger partial charge in [0.2, 0.25) is 5.91 Å². The molecule has 8 heteroatoms. The van der Waals surface area contributed by atoms with Crippen molar-refractivity contribution in [2.75, 3.05) is 17.2 Å². The largest absolute Gasteiger partial charge is 0.378 e. The maximum atomic E-state index is 12.8. The zero-order valence-corrected chi connectivity index (χ0v) is 17.8. The van der Waals surface area contributed by atoms with E-state index in [2.05, 4.69) is 10.6 Å². The number of hydrogen-bond acceptors (Lipinski definition) is 5. The highest BCUT2D eigenvalue weighted by Crippen LogP contribution is 2.50. The Balaban J connectivity index is 0.00000280. The van der Waals surface area contributed by atoms with E-state index in [0.717, 1.165) is 0 Å². The molecule has 2 aromatic rings. The summed E-state index contributed by atoms with van der Waals surface area (Å²) in [5.74, 6) is -0.423. The first kappa shape index (κ1) is 22.4. The molecule has 0 bridgehead atoms. The van der Waals surface area contributed by atoms with Crippen LogP contribution in [0.4, 0.5) is 11.4 Å². The molecule has 0 radical (unpaired) electrons. The molecule has 1 heterocycles. The second-order valence-corrected chi connectivity index (χ2v) is 8.26. The summed E-state index contributed by atoms with van der Waals surface area (Å²) in [6, 6.07) is 10.6. The molecule has 1 aromatic carbocycles. The Morgan fingerprint density at radius 1 is 1.21 bits per heavy atom. The third-order valence-electron chi connectivity index (χ3n) is 5.36. The second kappa shape index (κ2) is 8.61. The SMILES string of the molecule is CCOC1CC(N)(C(=O)Nc2cccc(NC(=O)c3cccs3)c2)C1(C)C.Cl. The van der Waals surface area contributed by atoms with Gasteiger partial charge in [0.1, 0.15) is 5.54 Å². The number of ether oxygens (including phenoxy) is 1. The van der Waals surface area contributed by atoms with Gasteiger partial charge in [0.15, 0.2) is 0 Å². The zero-order valence-electron chi connectivity index (χ0n) is 16.2. The summed E-state index contributed by atoms with van der Waals surface area (Å²) in [7, 11) is 0. The van der Waals surface area contributed by atoms with E-state index >= 15 is 0 Å². The zero-order chi connectivity index (χ0) is 19.7. The van der Waals surface area contributed by atoms with E-state index in [0.29, 0.717) is 29.3 Å². The minimum absolute atomic E-state index is 0. The average Bonchev–Trinajstić information content (AvgIpc) is 3.16. The van der Waals surface area contributed by atoms with Gasteiger partial charge in [-0.2, -0.15) is 0 Å². The summed E-state index contributed by atoms with van der Waals surface area (Å²) in [6.45, 7) is 6.43. The van der Waals surface area contributed by atoms with Gasteiger partial charge in [-0.1, -0.05) is 26.0 Å². The normalized spacial score (nSPS) is 22.5. The van der Waals surface area contributed by atoms with Crippen LogP contribution in [0.15, 0.2) is 41.8 Å². The van der Waals surface area contributed by atoms with Crippen LogP contribution in [0.3, 0.4) is 0 Å². The van der Waals surface area contributed by atoms with Crippen LogP contribution in [-0.4, -0.2) is 30.1 Å². The first-order chi connectivity index (χ1) is 12.8. The second-order valence-electron chi connectivity index (χ2n) is 7.31. The van der Waals surface area contributed by atoms with Gasteiger partial charge in [-0.05, 0) is 36.6 Å². The molecule has 3 rings (SSSR count). The molecule has 4 N–H and O–H groups in total. The van der Waals surface area contributed by atoms with Crippen molar-refractivity contribution < 1.29 is 14.3 Å². The van der Waals surface area contributed by atoms with Crippen LogP contribution in [0.25, 0.3) is 0 Å². The molecular weight excluding hydrogens is 398 g/mol. The molecule has 1 saturated carbocycles. The smallest absolute Gasteiger partial charge is 0.265 e. The highest BCUT2D eigenvalue weighted by atomic mass is 35.5. The summed E-state index contributed by atoms with van der Waals surface area (Å²) in [4.78, 5) is 25.6. The van der Waals surface area contributed by atoms with Crippen molar-refractivity contribution in [1.82, 2.24) is 0 Å². The number of thiophene rings is 1. The van der Waals surface area contributed by atoms with Crippen LogP contribution in [0.2, 0.25) is 0 Å². The maximum Gasteiger partial charge on any atom is 0.265 e. The molecule has 28 heavy (non-hydrogen) atoms. The fourth-order valence-corrected chi connectivity index (χ4v) is 3.96. The lowest BCUT2D eigenvalue weighted by Crippen LogP contribution is -2.74. The quantitative estimate of drug-likeness (QED) is 0.656. The Labute approximate surface area is 175 Å². The number of carbonyl (C=O) groups excluding carboxylic acids is 2. The summed E-state index contributed by atoms with van der Waals surface area (Å²) >= 11 is 1.37. The summed E-state index contributed by atoms with van der Waals surface area (Å²) in [5.41, 5.74) is 6.15. The average molecular weight is 424 g/mol. The highest BCUT2D eigenvalue weighted by molar-refractivity contribution is 7.12. The molecule has 1 fully saturated rings. The number of nitrogens with one attached hydrogen (secondary N) is 2. The van der Waals surface area contributed by atoms with Crippen LogP contribution >= 0.6 is 23.7 Å². The van der Waals surface area contributed by atoms with Gasteiger partial charge in [0.05, 0.1) is 11.0 Å². The third-order valence-corrected chi connectivity index (χ3v) is 6.23. The molecule has 0 spiro atoms. The van der Waals surface area contributed by atoms with E-state index in [1.807, 2.05) is 32.2 Å². The molecule has 2 amide bonds. The predicted octanol–water partition coefficient (Wildman–Crippen LogP) is 3.89. The number of hydrogen-bond donors (Lipinski definition) is 3. The molecule has 0 aliphatic heterocycles. The number of rotatable bonds is 6. The number of anilines is 2. The third kappa shape index (κ3) is 4.07. The number of amides is 2. The van der Waals surface area contributed by atoms with Crippen molar-refractivity contribution in [3.8, 4) is 0 Å². The summed E-state index contributed by atoms with van der Waals surface area (Å²) in [6.07, 6.45) is 0.448. The van der Waals surface area contributed by atoms with Gasteiger partial charge in [-0.15, -0.1) is 23.7 Å². The summed E-state index contributed by atoms with van der Waals surface area (Å²) in [5, 5.41) is 7.57. The van der Waals surface area contributed by atoms with E-state index in [4.69, 9.17) is 10.5 Å². The van der Waals surface area contributed by atoms with E-state index in [1.54, 1.807) is 30.3 Å². The van der Waals surface area contributed by atoms with Gasteiger partial charge in [-0.3, -0.25) is 9.59 Å². The van der Waals surface area contributed by atoms with Crippen molar-refractivity contribution in [2.24, 2.45) is 11.1 Å². The molecule has 2 atom stereocenters. The van der Waals surface area contributed by atoms with E-state index < -0.39 is 11.0 Å². The van der Waals surface area contributed by atoms with E-state index in [-0.39, 0.29) is 30.3 Å². The lowest BCUT2D eigenvalue weighted by molar-refractivity contribution is -0.166. The fraction of sp³-hybridized carbons (Fsp3) is 0.400. The number of carbonyl (C=O) groups is 2. The summed E-state index contributed by atoms with van der Waals surface area (Å²) < 4.78 is 5.68. The molecular formula is C20H26ClN3O3S. The van der Waals surface area contributed by atoms with Crippen molar-refractivity contribution >= 4 is 46.9 Å². The lowest BCUT2D eigenvalue weighted by Gasteiger charge is -2.57. The first-order valence-corrected chi connectivity index (χ1v) is 9.83. The Morgan fingerprint density at radius 3 is 2.46 bits per heavy atom. The molecule has 152 valence electrons. The molecule has 1 aliphatic carbocycles. The Morgan fingerprint density at radius 2 is 1.89 bits per heavy atom. The fourth-order valence-electron chi connectivity index (χ4n) is 3.34. The maximum absolute atomic E-state index is 12.8. The highest BCUT2D eigenvalue weighted by Gasteiger charge is 2.62. The molecule has 1 aromatic heterocycles. The van der Waals surface area contributed by atoms with Gasteiger partial charge in [0, 0.05) is 29.8 Å². The van der Waals surface area contributed by atoms with Crippen LogP contribution in [0.5, 0.6) is 0 Å². The van der Waals surface area contributed by atoms with Gasteiger partial charge in [0.25, 0.3) is 5.91 Å². The predicted molar refractivity (Wildman–Crippen MR) is 115 cm³/mol. The van der Waals surface area contributed by atoms with Gasteiger partial charge < -0.3 is 21.1 Å². The van der Waals surface area contributed by atoms with Crippen LogP contribution in [-0.2, 0) is 9.53 Å². The standard InChI is InChI=1S/C20H25N3O3S.ClH/c1-4-26-16-12-20(21,19(16,2)3)18(25)23-14-8-5-7-13(11-14)22-17(24)15-9-6-10-27-15;/h5-11,16H,4,12,21H2,1-3H3,(H,22,24)(H,23,25);1H. The van der Waals surface area contributed by atoms with E-state index in [9.17, 15) is 9.59 Å². The molecule has 0 saturated heterocycles. The topological polar surface area (TPSA) is 93.4 Å². The minimum Gasteiger partial charge on any atom is -0.378 e. The van der Waals surface area contributed by atoms with Crippen LogP contribution < -0.4 is 16.4 Å². The Hall–Kier alpha value is -1.93. The Kier molecular flexibility index (Phi) is 6.88. The number of nitrogens with two attached hydrogens (primary N) is 1. The van der Waals surface area contributed by atoms with Crippen molar-refractivity contribution in [2.45, 2.75) is 38.8 Å². The molecule has 6 nitrogen and oxygen atoms in total. The van der Waals surface area contributed by atoms with Crippen molar-refractivity contribution in [1.29, 1.82) is 0 Å². The van der Waals surface area contributed by atoms with Crippen LogP contribution in [0.1, 0.15) is 36.9 Å². The molecule has 1 aliphatic rings. The van der Waals surface area contributed by atoms with Gasteiger partial charge >= 0.3 is 0 Å². The van der Waals surface area contributed by atoms with Gasteiger partial charge in [-0.25, -0.2) is 0 Å². The monoisotopic (exact) mass is 423 g/mol. The minimum atomic E-state index is -0.997. The molecule has 2 unspecified atom stereocenters. The first-order valence-electron chi connectivity index (χ1n) is 8.95.